The van der Waals surface area contributed by atoms with Crippen LogP contribution in [0.3, 0.4) is 0 Å². The van der Waals surface area contributed by atoms with E-state index in [1.54, 1.807) is 0 Å². The van der Waals surface area contributed by atoms with E-state index >= 15 is 0 Å². The van der Waals surface area contributed by atoms with Gasteiger partial charge < -0.3 is 9.88 Å². The number of para-hydroxylation sites is 2. The number of hydrogen-bond acceptors (Lipinski definition) is 4. The minimum absolute atomic E-state index is 0.0571. The molecule has 0 spiro atoms. The van der Waals surface area contributed by atoms with E-state index in [4.69, 9.17) is 0 Å². The van der Waals surface area contributed by atoms with Crippen LogP contribution in [-0.2, 0) is 10.0 Å². The number of aromatic amines is 1. The van der Waals surface area contributed by atoms with Gasteiger partial charge in [0.25, 0.3) is 0 Å². The van der Waals surface area contributed by atoms with Gasteiger partial charge in [0.2, 0.25) is 16.0 Å². The van der Waals surface area contributed by atoms with Crippen LogP contribution < -0.4 is 9.62 Å². The normalized spacial score (nSPS) is 18.3. The van der Waals surface area contributed by atoms with Gasteiger partial charge in [0, 0.05) is 19.1 Å². The van der Waals surface area contributed by atoms with Crippen LogP contribution in [0, 0.1) is 5.82 Å². The average Bonchev–Trinajstić information content (AvgIpc) is 3.06. The third-order valence-corrected chi connectivity index (χ3v) is 6.04. The van der Waals surface area contributed by atoms with Crippen molar-refractivity contribution < 1.29 is 12.8 Å². The molecule has 2 heterocycles. The molecule has 1 atom stereocenters. The van der Waals surface area contributed by atoms with Gasteiger partial charge in [-0.3, -0.25) is 0 Å². The van der Waals surface area contributed by atoms with Crippen molar-refractivity contribution in [2.75, 3.05) is 18.0 Å². The number of rotatable bonds is 4. The van der Waals surface area contributed by atoms with E-state index < -0.39 is 15.8 Å². The molecule has 3 aromatic rings. The summed E-state index contributed by atoms with van der Waals surface area (Å²) in [6.07, 6.45) is 1.57. The Morgan fingerprint density at radius 1 is 1.19 bits per heavy atom. The number of aromatic nitrogens is 2. The van der Waals surface area contributed by atoms with E-state index in [2.05, 4.69) is 14.7 Å². The molecule has 2 aromatic carbocycles. The van der Waals surface area contributed by atoms with Crippen molar-refractivity contribution in [3.05, 3.63) is 54.3 Å². The molecule has 26 heavy (non-hydrogen) atoms. The molecular formula is C18H19FN4O2S. The van der Waals surface area contributed by atoms with Crippen molar-refractivity contribution in [2.45, 2.75) is 23.8 Å². The number of anilines is 1. The van der Waals surface area contributed by atoms with Gasteiger partial charge in [0.1, 0.15) is 5.82 Å². The van der Waals surface area contributed by atoms with Crippen LogP contribution in [0.5, 0.6) is 0 Å². The number of nitrogens with one attached hydrogen (secondary N) is 2. The predicted octanol–water partition coefficient (Wildman–Crippen LogP) is 2.65. The summed E-state index contributed by atoms with van der Waals surface area (Å²) in [5.41, 5.74) is 1.83. The lowest BCUT2D eigenvalue weighted by Gasteiger charge is -2.32. The first kappa shape index (κ1) is 17.0. The summed E-state index contributed by atoms with van der Waals surface area (Å²) in [4.78, 5) is 9.84. The molecule has 1 aliphatic heterocycles. The molecule has 136 valence electrons. The van der Waals surface area contributed by atoms with Crippen LogP contribution in [0.1, 0.15) is 12.8 Å². The first-order valence-corrected chi connectivity index (χ1v) is 9.97. The average molecular weight is 374 g/mol. The summed E-state index contributed by atoms with van der Waals surface area (Å²) in [6, 6.07) is 12.5. The second-order valence-electron chi connectivity index (χ2n) is 6.44. The second kappa shape index (κ2) is 6.69. The first-order valence-electron chi connectivity index (χ1n) is 8.49. The monoisotopic (exact) mass is 374 g/mol. The third-order valence-electron chi connectivity index (χ3n) is 4.53. The molecule has 1 fully saturated rings. The molecule has 4 rings (SSSR count). The lowest BCUT2D eigenvalue weighted by molar-refractivity contribution is 0.462. The van der Waals surface area contributed by atoms with E-state index in [9.17, 15) is 12.8 Å². The number of piperidine rings is 1. The highest BCUT2D eigenvalue weighted by Crippen LogP contribution is 2.22. The molecule has 0 bridgehead atoms. The smallest absolute Gasteiger partial charge is 0.240 e. The molecule has 1 saturated heterocycles. The Bertz CT molecular complexity index is 1000. The predicted molar refractivity (Wildman–Crippen MR) is 98.1 cm³/mol. The van der Waals surface area contributed by atoms with Crippen molar-refractivity contribution in [3.8, 4) is 0 Å². The summed E-state index contributed by atoms with van der Waals surface area (Å²) < 4.78 is 41.1. The number of halogens is 1. The molecule has 8 heteroatoms. The maximum Gasteiger partial charge on any atom is 0.240 e. The molecule has 0 saturated carbocycles. The van der Waals surface area contributed by atoms with Gasteiger partial charge in [-0.1, -0.05) is 18.2 Å². The molecule has 0 radical (unpaired) electrons. The van der Waals surface area contributed by atoms with Gasteiger partial charge in [-0.05, 0) is 43.2 Å². The third kappa shape index (κ3) is 3.42. The first-order chi connectivity index (χ1) is 12.5. The molecule has 0 amide bonds. The van der Waals surface area contributed by atoms with E-state index in [0.29, 0.717) is 6.54 Å². The lowest BCUT2D eigenvalue weighted by atomic mass is 10.1. The quantitative estimate of drug-likeness (QED) is 0.736. The fourth-order valence-corrected chi connectivity index (χ4v) is 4.57. The molecule has 0 aliphatic carbocycles. The van der Waals surface area contributed by atoms with Gasteiger partial charge >= 0.3 is 0 Å². The standard InChI is InChI=1S/C18H19FN4O2S/c19-13-5-3-7-15(11-13)26(24,25)22-14-6-4-10-23(12-14)18-20-16-8-1-2-9-17(16)21-18/h1-3,5,7-9,11,14,22H,4,6,10,12H2,(H,20,21). The van der Waals surface area contributed by atoms with Crippen LogP contribution in [0.25, 0.3) is 11.0 Å². The van der Waals surface area contributed by atoms with Gasteiger partial charge in [0.15, 0.2) is 0 Å². The highest BCUT2D eigenvalue weighted by Gasteiger charge is 2.26. The number of sulfonamides is 1. The maximum absolute atomic E-state index is 13.3. The topological polar surface area (TPSA) is 78.1 Å². The van der Waals surface area contributed by atoms with Gasteiger partial charge in [-0.25, -0.2) is 22.5 Å². The van der Waals surface area contributed by atoms with Crippen molar-refractivity contribution >= 4 is 27.0 Å². The van der Waals surface area contributed by atoms with Crippen molar-refractivity contribution in [2.24, 2.45) is 0 Å². The number of nitrogens with zero attached hydrogens (tertiary/aromatic N) is 2. The highest BCUT2D eigenvalue weighted by molar-refractivity contribution is 7.89. The summed E-state index contributed by atoms with van der Waals surface area (Å²) in [7, 11) is -3.76. The van der Waals surface area contributed by atoms with E-state index in [-0.39, 0.29) is 10.9 Å². The molecule has 1 aliphatic rings. The van der Waals surface area contributed by atoms with Crippen molar-refractivity contribution in [1.29, 1.82) is 0 Å². The van der Waals surface area contributed by atoms with Crippen molar-refractivity contribution in [3.63, 3.8) is 0 Å². The second-order valence-corrected chi connectivity index (χ2v) is 8.16. The van der Waals surface area contributed by atoms with Crippen LogP contribution in [0.4, 0.5) is 10.3 Å². The largest absolute Gasteiger partial charge is 0.341 e. The number of benzene rings is 2. The zero-order valence-electron chi connectivity index (χ0n) is 14.0. The Labute approximate surface area is 151 Å². The summed E-state index contributed by atoms with van der Waals surface area (Å²) >= 11 is 0. The zero-order valence-corrected chi connectivity index (χ0v) is 14.8. The van der Waals surface area contributed by atoms with E-state index in [1.807, 2.05) is 29.2 Å². The SMILES string of the molecule is O=S(=O)(NC1CCCN(c2nc3ccccc3[nH]2)C1)c1cccc(F)c1. The van der Waals surface area contributed by atoms with Gasteiger partial charge in [-0.15, -0.1) is 0 Å². The molecule has 6 nitrogen and oxygen atoms in total. The minimum Gasteiger partial charge on any atom is -0.341 e. The Balaban J connectivity index is 1.51. The zero-order chi connectivity index (χ0) is 18.1. The van der Waals surface area contributed by atoms with Crippen LogP contribution in [0.2, 0.25) is 0 Å². The molecular weight excluding hydrogens is 355 g/mol. The molecule has 1 unspecified atom stereocenters. The Hall–Kier alpha value is -2.45. The fraction of sp³-hybridized carbons (Fsp3) is 0.278. The maximum atomic E-state index is 13.3. The fourth-order valence-electron chi connectivity index (χ4n) is 3.28. The van der Waals surface area contributed by atoms with Crippen molar-refractivity contribution in [1.82, 2.24) is 14.7 Å². The van der Waals surface area contributed by atoms with E-state index in [1.165, 1.54) is 18.2 Å². The highest BCUT2D eigenvalue weighted by atomic mass is 32.2. The van der Waals surface area contributed by atoms with Gasteiger partial charge in [-0.2, -0.15) is 0 Å². The number of fused-ring (bicyclic) bond motifs is 1. The minimum atomic E-state index is -3.76. The molecule has 1 aromatic heterocycles. The van der Waals surface area contributed by atoms with Gasteiger partial charge in [0.05, 0.1) is 15.9 Å². The Morgan fingerprint density at radius 3 is 2.85 bits per heavy atom. The Morgan fingerprint density at radius 2 is 2.04 bits per heavy atom. The van der Waals surface area contributed by atoms with E-state index in [0.717, 1.165) is 42.4 Å². The summed E-state index contributed by atoms with van der Waals surface area (Å²) in [5, 5.41) is 0. The van der Waals surface area contributed by atoms with Crippen LogP contribution in [0.15, 0.2) is 53.4 Å². The van der Waals surface area contributed by atoms with Crippen LogP contribution in [-0.4, -0.2) is 37.5 Å². The summed E-state index contributed by atoms with van der Waals surface area (Å²) in [6.45, 7) is 1.31. The van der Waals surface area contributed by atoms with Crippen LogP contribution >= 0.6 is 0 Å². The lowest BCUT2D eigenvalue weighted by Crippen LogP contribution is -2.48. The number of imidazole rings is 1. The number of hydrogen-bond donors (Lipinski definition) is 2. The number of H-pyrrole nitrogens is 1. The summed E-state index contributed by atoms with van der Waals surface area (Å²) in [5.74, 6) is 0.168. The molecule has 2 N–H and O–H groups in total. The Kier molecular flexibility index (Phi) is 4.37.